The fraction of sp³-hybridized carbons (Fsp3) is 0.615. The molecule has 0 unspecified atom stereocenters. The van der Waals surface area contributed by atoms with Crippen LogP contribution < -0.4 is 0 Å². The van der Waals surface area contributed by atoms with Crippen molar-refractivity contribution >= 4 is 6.21 Å². The van der Waals surface area contributed by atoms with E-state index in [2.05, 4.69) is 51.8 Å². The summed E-state index contributed by atoms with van der Waals surface area (Å²) in [4.78, 5) is 4.57. The van der Waals surface area contributed by atoms with Crippen LogP contribution in [0.1, 0.15) is 41.0 Å². The van der Waals surface area contributed by atoms with Crippen LogP contribution in [0.15, 0.2) is 28.3 Å². The molecule has 78 valence electrons. The van der Waals surface area contributed by atoms with Gasteiger partial charge < -0.3 is 0 Å². The highest BCUT2D eigenvalue weighted by molar-refractivity contribution is 5.80. The summed E-state index contributed by atoms with van der Waals surface area (Å²) < 4.78 is 0. The van der Waals surface area contributed by atoms with Crippen LogP contribution in [0.4, 0.5) is 0 Å². The lowest BCUT2D eigenvalue weighted by atomic mass is 9.95. The van der Waals surface area contributed by atoms with E-state index in [1.165, 1.54) is 11.1 Å². The lowest BCUT2D eigenvalue weighted by molar-refractivity contribution is 0.645. The Morgan fingerprint density at radius 1 is 1.36 bits per heavy atom. The minimum atomic E-state index is -0.0486. The van der Waals surface area contributed by atoms with Gasteiger partial charge in [0.15, 0.2) is 0 Å². The Labute approximate surface area is 87.6 Å². The Balaban J connectivity index is 3.07. The highest BCUT2D eigenvalue weighted by atomic mass is 14.8. The summed E-state index contributed by atoms with van der Waals surface area (Å²) in [5.41, 5.74) is 2.69. The second-order valence-electron chi connectivity index (χ2n) is 4.78. The van der Waals surface area contributed by atoms with E-state index in [-0.39, 0.29) is 5.54 Å². The first-order valence-electron chi connectivity index (χ1n) is 5.43. The SMILES string of the molecule is CCC1=CC(C(C)C)=CC(C)(C)N=C1. The largest absolute Gasteiger partial charge is 0.283 e. The number of nitrogens with zero attached hydrogens (tertiary/aromatic N) is 1. The molecule has 0 bridgehead atoms. The molecule has 0 aromatic heterocycles. The van der Waals surface area contributed by atoms with Crippen LogP contribution in [0.2, 0.25) is 0 Å². The van der Waals surface area contributed by atoms with Gasteiger partial charge in [-0.15, -0.1) is 0 Å². The van der Waals surface area contributed by atoms with Crippen molar-refractivity contribution in [3.05, 3.63) is 23.3 Å². The van der Waals surface area contributed by atoms with Gasteiger partial charge in [-0.2, -0.15) is 0 Å². The molecule has 1 heteroatoms. The molecule has 1 nitrogen and oxygen atoms in total. The van der Waals surface area contributed by atoms with Gasteiger partial charge in [-0.3, -0.25) is 4.99 Å². The molecule has 0 spiro atoms. The monoisotopic (exact) mass is 191 g/mol. The quantitative estimate of drug-likeness (QED) is 0.630. The van der Waals surface area contributed by atoms with Crippen LogP contribution in [-0.2, 0) is 0 Å². The Bertz CT molecular complexity index is 290. The average molecular weight is 191 g/mol. The third kappa shape index (κ3) is 2.83. The Morgan fingerprint density at radius 3 is 2.50 bits per heavy atom. The maximum atomic E-state index is 4.57. The van der Waals surface area contributed by atoms with Gasteiger partial charge in [0, 0.05) is 6.21 Å². The highest BCUT2D eigenvalue weighted by Gasteiger charge is 2.16. The van der Waals surface area contributed by atoms with Crippen LogP contribution in [0, 0.1) is 5.92 Å². The first kappa shape index (κ1) is 11.2. The van der Waals surface area contributed by atoms with Crippen molar-refractivity contribution in [1.29, 1.82) is 0 Å². The Kier molecular flexibility index (Phi) is 3.30. The Hall–Kier alpha value is -0.850. The minimum absolute atomic E-state index is 0.0486. The zero-order valence-electron chi connectivity index (χ0n) is 9.96. The first-order valence-corrected chi connectivity index (χ1v) is 5.43. The van der Waals surface area contributed by atoms with Crippen molar-refractivity contribution in [3.8, 4) is 0 Å². The predicted octanol–water partition coefficient (Wildman–Crippen LogP) is 3.77. The molecular formula is C13H21N. The van der Waals surface area contributed by atoms with Gasteiger partial charge in [0.25, 0.3) is 0 Å². The summed E-state index contributed by atoms with van der Waals surface area (Å²) in [5.74, 6) is 0.581. The predicted molar refractivity (Wildman–Crippen MR) is 63.9 cm³/mol. The molecule has 14 heavy (non-hydrogen) atoms. The van der Waals surface area contributed by atoms with Crippen molar-refractivity contribution in [3.63, 3.8) is 0 Å². The maximum Gasteiger partial charge on any atom is 0.0737 e. The van der Waals surface area contributed by atoms with E-state index in [9.17, 15) is 0 Å². The van der Waals surface area contributed by atoms with E-state index in [0.29, 0.717) is 5.92 Å². The molecule has 0 atom stereocenters. The van der Waals surface area contributed by atoms with Crippen LogP contribution in [0.25, 0.3) is 0 Å². The molecule has 1 aliphatic heterocycles. The highest BCUT2D eigenvalue weighted by Crippen LogP contribution is 2.24. The minimum Gasteiger partial charge on any atom is -0.283 e. The lowest BCUT2D eigenvalue weighted by Gasteiger charge is -2.16. The molecule has 0 saturated heterocycles. The molecule has 0 aliphatic carbocycles. The molecule has 0 saturated carbocycles. The van der Waals surface area contributed by atoms with Gasteiger partial charge in [0.1, 0.15) is 0 Å². The summed E-state index contributed by atoms with van der Waals surface area (Å²) in [7, 11) is 0. The molecule has 0 radical (unpaired) electrons. The van der Waals surface area contributed by atoms with E-state index >= 15 is 0 Å². The summed E-state index contributed by atoms with van der Waals surface area (Å²) in [6.45, 7) is 10.9. The van der Waals surface area contributed by atoms with Gasteiger partial charge in [-0.1, -0.05) is 32.9 Å². The summed E-state index contributed by atoms with van der Waals surface area (Å²) >= 11 is 0. The molecule has 0 aromatic carbocycles. The van der Waals surface area contributed by atoms with Crippen molar-refractivity contribution in [1.82, 2.24) is 0 Å². The van der Waals surface area contributed by atoms with E-state index in [0.717, 1.165) is 6.42 Å². The smallest absolute Gasteiger partial charge is 0.0737 e. The van der Waals surface area contributed by atoms with Gasteiger partial charge >= 0.3 is 0 Å². The van der Waals surface area contributed by atoms with Gasteiger partial charge in [-0.05, 0) is 37.3 Å². The van der Waals surface area contributed by atoms with E-state index < -0.39 is 0 Å². The number of hydrogen-bond acceptors (Lipinski definition) is 1. The Morgan fingerprint density at radius 2 is 2.00 bits per heavy atom. The van der Waals surface area contributed by atoms with E-state index in [1.807, 2.05) is 6.21 Å². The molecule has 1 heterocycles. The summed E-state index contributed by atoms with van der Waals surface area (Å²) in [6.07, 6.45) is 7.63. The third-order valence-electron chi connectivity index (χ3n) is 2.51. The first-order chi connectivity index (χ1) is 6.44. The van der Waals surface area contributed by atoms with Crippen LogP contribution in [0.3, 0.4) is 0 Å². The zero-order chi connectivity index (χ0) is 10.8. The third-order valence-corrected chi connectivity index (χ3v) is 2.51. The second-order valence-corrected chi connectivity index (χ2v) is 4.78. The van der Waals surface area contributed by atoms with Gasteiger partial charge in [-0.25, -0.2) is 0 Å². The van der Waals surface area contributed by atoms with E-state index in [4.69, 9.17) is 0 Å². The van der Waals surface area contributed by atoms with Crippen LogP contribution >= 0.6 is 0 Å². The average Bonchev–Trinajstić information content (AvgIpc) is 2.23. The summed E-state index contributed by atoms with van der Waals surface area (Å²) in [5, 5.41) is 0. The van der Waals surface area contributed by atoms with Crippen LogP contribution in [0.5, 0.6) is 0 Å². The number of rotatable bonds is 2. The summed E-state index contributed by atoms with van der Waals surface area (Å²) in [6, 6.07) is 0. The topological polar surface area (TPSA) is 12.4 Å². The fourth-order valence-corrected chi connectivity index (χ4v) is 1.51. The number of allylic oxidation sites excluding steroid dienone is 3. The molecule has 1 rings (SSSR count). The number of hydrogen-bond donors (Lipinski definition) is 0. The molecule has 0 aromatic rings. The van der Waals surface area contributed by atoms with Crippen molar-refractivity contribution in [2.75, 3.05) is 0 Å². The molecular weight excluding hydrogens is 170 g/mol. The van der Waals surface area contributed by atoms with Crippen LogP contribution in [-0.4, -0.2) is 11.8 Å². The molecule has 0 fully saturated rings. The molecule has 1 aliphatic rings. The second kappa shape index (κ2) is 4.12. The lowest BCUT2D eigenvalue weighted by Crippen LogP contribution is -2.13. The molecule has 0 N–H and O–H groups in total. The van der Waals surface area contributed by atoms with Gasteiger partial charge in [0.05, 0.1) is 5.54 Å². The zero-order valence-corrected chi connectivity index (χ0v) is 9.96. The van der Waals surface area contributed by atoms with E-state index in [1.54, 1.807) is 0 Å². The molecule has 0 amide bonds. The van der Waals surface area contributed by atoms with Crippen molar-refractivity contribution in [2.45, 2.75) is 46.6 Å². The van der Waals surface area contributed by atoms with Gasteiger partial charge in [0.2, 0.25) is 0 Å². The number of aliphatic imine (C=N–C) groups is 1. The maximum absolute atomic E-state index is 4.57. The van der Waals surface area contributed by atoms with Crippen molar-refractivity contribution < 1.29 is 0 Å². The fourth-order valence-electron chi connectivity index (χ4n) is 1.51. The standard InChI is InChI=1S/C13H21N/c1-6-11-7-12(10(2)3)8-13(4,5)14-9-11/h7-10H,6H2,1-5H3. The normalized spacial score (nSPS) is 20.4. The van der Waals surface area contributed by atoms with Crippen molar-refractivity contribution in [2.24, 2.45) is 10.9 Å².